The van der Waals surface area contributed by atoms with Crippen molar-refractivity contribution in [2.24, 2.45) is 0 Å². The Hall–Kier alpha value is -1.56. The van der Waals surface area contributed by atoms with Crippen LogP contribution in [0.4, 0.5) is 5.69 Å². The third-order valence-corrected chi connectivity index (χ3v) is 6.14. The fraction of sp³-hybridized carbons (Fsp3) is 0.562. The maximum absolute atomic E-state index is 12.0. The Kier molecular flexibility index (Phi) is 4.38. The molecule has 0 aliphatic carbocycles. The van der Waals surface area contributed by atoms with Gasteiger partial charge in [-0.2, -0.15) is 0 Å². The van der Waals surface area contributed by atoms with Crippen LogP contribution < -0.4 is 10.2 Å². The molecule has 5 nitrogen and oxygen atoms in total. The lowest BCUT2D eigenvalue weighted by molar-refractivity contribution is -0.120. The molecule has 1 aromatic carbocycles. The van der Waals surface area contributed by atoms with E-state index >= 15 is 0 Å². The van der Waals surface area contributed by atoms with Gasteiger partial charge in [-0.3, -0.25) is 4.79 Å². The Bertz CT molecular complexity index is 634. The first kappa shape index (κ1) is 15.3. The molecule has 2 aliphatic rings. The van der Waals surface area contributed by atoms with Gasteiger partial charge in [-0.1, -0.05) is 12.1 Å². The number of nitrogens with zero attached hydrogens (tertiary/aromatic N) is 1. The molecule has 2 aliphatic heterocycles. The van der Waals surface area contributed by atoms with E-state index in [4.69, 9.17) is 0 Å². The van der Waals surface area contributed by atoms with Gasteiger partial charge in [0.15, 0.2) is 9.84 Å². The molecule has 2 saturated heterocycles. The Labute approximate surface area is 131 Å². The molecule has 0 bridgehead atoms. The Morgan fingerprint density at radius 1 is 1.18 bits per heavy atom. The third kappa shape index (κ3) is 3.80. The Balaban J connectivity index is 1.53. The first-order valence-corrected chi connectivity index (χ1v) is 9.68. The zero-order chi connectivity index (χ0) is 15.6. The summed E-state index contributed by atoms with van der Waals surface area (Å²) in [4.78, 5) is 14.4. The normalized spacial score (nSPS) is 23.6. The molecular weight excluding hydrogens is 300 g/mol. The zero-order valence-corrected chi connectivity index (χ0v) is 13.4. The number of carbonyl (C=O) groups is 1. The molecule has 6 heteroatoms. The van der Waals surface area contributed by atoms with Gasteiger partial charge in [-0.05, 0) is 37.0 Å². The number of anilines is 1. The second-order valence-electron chi connectivity index (χ2n) is 6.20. The molecule has 1 aromatic rings. The summed E-state index contributed by atoms with van der Waals surface area (Å²) in [6.07, 6.45) is 3.32. The number of sulfone groups is 1. The maximum atomic E-state index is 12.0. The van der Waals surface area contributed by atoms with Crippen LogP contribution in [0.25, 0.3) is 0 Å². The van der Waals surface area contributed by atoms with Crippen molar-refractivity contribution < 1.29 is 13.2 Å². The van der Waals surface area contributed by atoms with Crippen molar-refractivity contribution in [3.63, 3.8) is 0 Å². The minimum Gasteiger partial charge on any atom is -0.372 e. The van der Waals surface area contributed by atoms with Crippen molar-refractivity contribution in [3.8, 4) is 0 Å². The van der Waals surface area contributed by atoms with Gasteiger partial charge in [0.2, 0.25) is 5.91 Å². The lowest BCUT2D eigenvalue weighted by Gasteiger charge is -2.17. The largest absolute Gasteiger partial charge is 0.372 e. The fourth-order valence-electron chi connectivity index (χ4n) is 3.17. The summed E-state index contributed by atoms with van der Waals surface area (Å²) in [5, 5.41) is 2.82. The second kappa shape index (κ2) is 6.28. The van der Waals surface area contributed by atoms with Crippen LogP contribution >= 0.6 is 0 Å². The zero-order valence-electron chi connectivity index (χ0n) is 12.6. The van der Waals surface area contributed by atoms with E-state index in [-0.39, 0.29) is 23.5 Å². The Morgan fingerprint density at radius 3 is 2.45 bits per heavy atom. The molecule has 0 spiro atoms. The van der Waals surface area contributed by atoms with Crippen molar-refractivity contribution in [1.29, 1.82) is 0 Å². The van der Waals surface area contributed by atoms with Crippen molar-refractivity contribution in [2.75, 3.05) is 29.5 Å². The number of amides is 1. The van der Waals surface area contributed by atoms with Gasteiger partial charge in [-0.25, -0.2) is 8.42 Å². The van der Waals surface area contributed by atoms with Crippen LogP contribution in [0.1, 0.15) is 24.8 Å². The number of nitrogens with one attached hydrogen (secondary N) is 1. The van der Waals surface area contributed by atoms with Crippen LogP contribution in [0.3, 0.4) is 0 Å². The van der Waals surface area contributed by atoms with Gasteiger partial charge in [0.05, 0.1) is 17.9 Å². The van der Waals surface area contributed by atoms with E-state index < -0.39 is 9.84 Å². The highest BCUT2D eigenvalue weighted by Crippen LogP contribution is 2.20. The number of carbonyl (C=O) groups excluding carboxylic acids is 1. The predicted molar refractivity (Wildman–Crippen MR) is 86.8 cm³/mol. The minimum atomic E-state index is -2.95. The minimum absolute atomic E-state index is 0.0760. The second-order valence-corrected chi connectivity index (χ2v) is 8.43. The third-order valence-electron chi connectivity index (χ3n) is 4.37. The van der Waals surface area contributed by atoms with Gasteiger partial charge >= 0.3 is 0 Å². The average Bonchev–Trinajstić information content (AvgIpc) is 3.09. The predicted octanol–water partition coefficient (Wildman–Crippen LogP) is 1.13. The van der Waals surface area contributed by atoms with E-state index in [0.717, 1.165) is 18.7 Å². The van der Waals surface area contributed by atoms with E-state index in [2.05, 4.69) is 22.3 Å². The average molecular weight is 322 g/mol. The van der Waals surface area contributed by atoms with E-state index in [1.165, 1.54) is 18.5 Å². The molecule has 0 aromatic heterocycles. The molecule has 120 valence electrons. The quantitative estimate of drug-likeness (QED) is 0.902. The first-order chi connectivity index (χ1) is 10.5. The van der Waals surface area contributed by atoms with E-state index in [0.29, 0.717) is 12.8 Å². The van der Waals surface area contributed by atoms with E-state index in [1.54, 1.807) is 0 Å². The molecule has 1 unspecified atom stereocenters. The van der Waals surface area contributed by atoms with Crippen molar-refractivity contribution >= 4 is 21.4 Å². The van der Waals surface area contributed by atoms with Crippen molar-refractivity contribution in [2.45, 2.75) is 31.7 Å². The van der Waals surface area contributed by atoms with Crippen LogP contribution in [0.5, 0.6) is 0 Å². The van der Waals surface area contributed by atoms with Gasteiger partial charge in [0.1, 0.15) is 0 Å². The van der Waals surface area contributed by atoms with Crippen LogP contribution in [0.15, 0.2) is 24.3 Å². The number of benzene rings is 1. The Morgan fingerprint density at radius 2 is 1.86 bits per heavy atom. The number of hydrogen-bond donors (Lipinski definition) is 1. The molecule has 0 saturated carbocycles. The molecule has 22 heavy (non-hydrogen) atoms. The first-order valence-electron chi connectivity index (χ1n) is 7.85. The number of rotatable bonds is 4. The van der Waals surface area contributed by atoms with E-state index in [1.807, 2.05) is 12.1 Å². The molecule has 1 amide bonds. The molecule has 1 atom stereocenters. The van der Waals surface area contributed by atoms with Crippen LogP contribution in [-0.2, 0) is 21.1 Å². The van der Waals surface area contributed by atoms with Crippen molar-refractivity contribution in [1.82, 2.24) is 5.32 Å². The summed E-state index contributed by atoms with van der Waals surface area (Å²) in [5.41, 5.74) is 2.17. The number of hydrogen-bond acceptors (Lipinski definition) is 4. The summed E-state index contributed by atoms with van der Waals surface area (Å²) in [5.74, 6) is 0.158. The van der Waals surface area contributed by atoms with Gasteiger partial charge in [0.25, 0.3) is 0 Å². The highest BCUT2D eigenvalue weighted by molar-refractivity contribution is 7.91. The van der Waals surface area contributed by atoms with Crippen LogP contribution in [0.2, 0.25) is 0 Å². The molecule has 2 heterocycles. The monoisotopic (exact) mass is 322 g/mol. The molecule has 1 N–H and O–H groups in total. The van der Waals surface area contributed by atoms with Gasteiger partial charge in [-0.15, -0.1) is 0 Å². The fourth-order valence-corrected chi connectivity index (χ4v) is 4.85. The highest BCUT2D eigenvalue weighted by atomic mass is 32.2. The standard InChI is InChI=1S/C16H22N2O3S/c19-16(17-14-7-10-22(20,21)12-14)11-13-3-5-15(6-4-13)18-8-1-2-9-18/h3-6,14H,1-2,7-12H2,(H,17,19). The lowest BCUT2D eigenvalue weighted by Crippen LogP contribution is -2.36. The summed E-state index contributed by atoms with van der Waals surface area (Å²) in [6.45, 7) is 2.21. The molecule has 3 rings (SSSR count). The smallest absolute Gasteiger partial charge is 0.224 e. The topological polar surface area (TPSA) is 66.5 Å². The SMILES string of the molecule is O=C(Cc1ccc(N2CCCC2)cc1)NC1CCS(=O)(=O)C1. The van der Waals surface area contributed by atoms with E-state index in [9.17, 15) is 13.2 Å². The summed E-state index contributed by atoms with van der Waals surface area (Å²) in [7, 11) is -2.95. The summed E-state index contributed by atoms with van der Waals surface area (Å²) in [6, 6.07) is 7.88. The molecule has 2 fully saturated rings. The molecular formula is C16H22N2O3S. The van der Waals surface area contributed by atoms with Gasteiger partial charge in [0, 0.05) is 24.8 Å². The van der Waals surface area contributed by atoms with Crippen LogP contribution in [0, 0.1) is 0 Å². The lowest BCUT2D eigenvalue weighted by atomic mass is 10.1. The van der Waals surface area contributed by atoms with Gasteiger partial charge < -0.3 is 10.2 Å². The van der Waals surface area contributed by atoms with Crippen molar-refractivity contribution in [3.05, 3.63) is 29.8 Å². The summed E-state index contributed by atoms with van der Waals surface area (Å²) < 4.78 is 22.8. The highest BCUT2D eigenvalue weighted by Gasteiger charge is 2.28. The maximum Gasteiger partial charge on any atom is 0.224 e. The summed E-state index contributed by atoms with van der Waals surface area (Å²) >= 11 is 0. The molecule has 0 radical (unpaired) electrons. The van der Waals surface area contributed by atoms with Crippen LogP contribution in [-0.4, -0.2) is 45.0 Å².